The van der Waals surface area contributed by atoms with Crippen molar-refractivity contribution in [2.45, 2.75) is 13.3 Å². The lowest BCUT2D eigenvalue weighted by Gasteiger charge is -2.12. The Kier molecular flexibility index (Phi) is 5.43. The number of hydrogen-bond donors (Lipinski definition) is 1. The second kappa shape index (κ2) is 6.61. The Morgan fingerprint density at radius 2 is 2.00 bits per heavy atom. The molecule has 0 saturated carbocycles. The maximum absolute atomic E-state index is 6.24. The predicted molar refractivity (Wildman–Crippen MR) is 66.8 cm³/mol. The molecule has 16 heavy (non-hydrogen) atoms. The van der Waals surface area contributed by atoms with Crippen molar-refractivity contribution in [2.75, 3.05) is 27.3 Å². The number of nitrogens with one attached hydrogen (secondary N) is 1. The molecule has 0 saturated heterocycles. The van der Waals surface area contributed by atoms with Gasteiger partial charge in [0, 0.05) is 0 Å². The molecule has 0 aliphatic carbocycles. The van der Waals surface area contributed by atoms with Gasteiger partial charge >= 0.3 is 0 Å². The molecule has 0 spiro atoms. The van der Waals surface area contributed by atoms with E-state index >= 15 is 0 Å². The number of benzene rings is 1. The minimum absolute atomic E-state index is 0.609. The largest absolute Gasteiger partial charge is 0.493 e. The van der Waals surface area contributed by atoms with Crippen molar-refractivity contribution in [3.63, 3.8) is 0 Å². The maximum Gasteiger partial charge on any atom is 0.179 e. The third-order valence-corrected chi connectivity index (χ3v) is 2.80. The lowest BCUT2D eigenvalue weighted by Crippen LogP contribution is -2.16. The molecule has 4 heteroatoms. The second-order valence-corrected chi connectivity index (χ2v) is 3.76. The van der Waals surface area contributed by atoms with E-state index in [9.17, 15) is 0 Å². The third-order valence-electron chi connectivity index (χ3n) is 2.39. The number of likely N-dealkylation sites (N-methyl/N-ethyl adjacent to an activating group) is 1. The van der Waals surface area contributed by atoms with Crippen LogP contribution in [-0.4, -0.2) is 27.3 Å². The summed E-state index contributed by atoms with van der Waals surface area (Å²) in [5.41, 5.74) is 1.07. The highest BCUT2D eigenvalue weighted by Crippen LogP contribution is 2.37. The van der Waals surface area contributed by atoms with Crippen molar-refractivity contribution in [3.8, 4) is 11.5 Å². The van der Waals surface area contributed by atoms with Crippen molar-refractivity contribution >= 4 is 11.6 Å². The third kappa shape index (κ3) is 3.03. The van der Waals surface area contributed by atoms with Gasteiger partial charge in [-0.1, -0.05) is 24.6 Å². The average molecular weight is 244 g/mol. The molecule has 3 nitrogen and oxygen atoms in total. The predicted octanol–water partition coefficient (Wildman–Crippen LogP) is 2.51. The normalized spacial score (nSPS) is 10.2. The van der Waals surface area contributed by atoms with E-state index in [4.69, 9.17) is 21.1 Å². The molecule has 0 unspecified atom stereocenters. The van der Waals surface area contributed by atoms with Crippen LogP contribution in [0.1, 0.15) is 12.5 Å². The van der Waals surface area contributed by atoms with E-state index in [0.717, 1.165) is 25.1 Å². The number of methoxy groups -OCH3 is 2. The van der Waals surface area contributed by atoms with Crippen LogP contribution in [-0.2, 0) is 6.42 Å². The number of halogens is 1. The van der Waals surface area contributed by atoms with E-state index in [2.05, 4.69) is 12.2 Å². The van der Waals surface area contributed by atoms with Crippen LogP contribution < -0.4 is 14.8 Å². The van der Waals surface area contributed by atoms with Crippen molar-refractivity contribution < 1.29 is 9.47 Å². The van der Waals surface area contributed by atoms with Crippen LogP contribution in [0, 0.1) is 0 Å². The summed E-state index contributed by atoms with van der Waals surface area (Å²) in [6.45, 7) is 3.95. The molecule has 0 aliphatic heterocycles. The molecular formula is C12H18ClNO2. The minimum Gasteiger partial charge on any atom is -0.493 e. The molecule has 0 atom stereocenters. The molecule has 1 N–H and O–H groups in total. The Morgan fingerprint density at radius 1 is 1.25 bits per heavy atom. The zero-order chi connectivity index (χ0) is 12.0. The Labute approximate surface area is 102 Å². The highest BCUT2D eigenvalue weighted by Gasteiger charge is 2.12. The van der Waals surface area contributed by atoms with Crippen molar-refractivity contribution in [1.82, 2.24) is 5.32 Å². The van der Waals surface area contributed by atoms with Gasteiger partial charge in [0.15, 0.2) is 11.5 Å². The molecule has 0 fully saturated rings. The Hall–Kier alpha value is -0.930. The van der Waals surface area contributed by atoms with E-state index in [1.165, 1.54) is 0 Å². The first-order valence-corrected chi connectivity index (χ1v) is 5.72. The molecule has 0 bridgehead atoms. The van der Waals surface area contributed by atoms with Crippen LogP contribution in [0.15, 0.2) is 12.1 Å². The first-order chi connectivity index (χ1) is 7.74. The van der Waals surface area contributed by atoms with E-state index in [-0.39, 0.29) is 0 Å². The van der Waals surface area contributed by atoms with Crippen molar-refractivity contribution in [1.29, 1.82) is 0 Å². The fraction of sp³-hybridized carbons (Fsp3) is 0.500. The molecule has 0 aliphatic rings. The molecule has 0 heterocycles. The highest BCUT2D eigenvalue weighted by atomic mass is 35.5. The standard InChI is InChI=1S/C12H18ClNO2/c1-4-14-8-7-9-5-6-10(15-2)12(16-3)11(9)13/h5-6,14H,4,7-8H2,1-3H3. The van der Waals surface area contributed by atoms with Gasteiger partial charge in [0.1, 0.15) is 0 Å². The summed E-state index contributed by atoms with van der Waals surface area (Å²) in [5, 5.41) is 3.90. The van der Waals surface area contributed by atoms with Crippen molar-refractivity contribution in [2.24, 2.45) is 0 Å². The maximum atomic E-state index is 6.24. The number of ether oxygens (including phenoxy) is 2. The fourth-order valence-electron chi connectivity index (χ4n) is 1.52. The van der Waals surface area contributed by atoms with E-state index in [1.54, 1.807) is 14.2 Å². The van der Waals surface area contributed by atoms with Crippen LogP contribution in [0.2, 0.25) is 5.02 Å². The summed E-state index contributed by atoms with van der Waals surface area (Å²) in [4.78, 5) is 0. The quantitative estimate of drug-likeness (QED) is 0.779. The average Bonchev–Trinajstić information content (AvgIpc) is 2.31. The number of hydrogen-bond acceptors (Lipinski definition) is 3. The lowest BCUT2D eigenvalue weighted by molar-refractivity contribution is 0.354. The Bertz CT molecular complexity index is 342. The smallest absolute Gasteiger partial charge is 0.179 e. The van der Waals surface area contributed by atoms with Gasteiger partial charge in [0.2, 0.25) is 0 Å². The van der Waals surface area contributed by atoms with Gasteiger partial charge in [-0.15, -0.1) is 0 Å². The summed E-state index contributed by atoms with van der Waals surface area (Å²) < 4.78 is 10.4. The van der Waals surface area contributed by atoms with Crippen molar-refractivity contribution in [3.05, 3.63) is 22.7 Å². The van der Waals surface area contributed by atoms with Crippen LogP contribution in [0.25, 0.3) is 0 Å². The zero-order valence-corrected chi connectivity index (χ0v) is 10.7. The Balaban J connectivity index is 2.86. The molecule has 0 amide bonds. The summed E-state index contributed by atoms with van der Waals surface area (Å²) in [5.74, 6) is 1.28. The SMILES string of the molecule is CCNCCc1ccc(OC)c(OC)c1Cl. The monoisotopic (exact) mass is 243 g/mol. The molecule has 0 aromatic heterocycles. The van der Waals surface area contributed by atoms with Gasteiger partial charge in [-0.25, -0.2) is 0 Å². The van der Waals surface area contributed by atoms with Gasteiger partial charge in [0.25, 0.3) is 0 Å². The van der Waals surface area contributed by atoms with Gasteiger partial charge in [0.05, 0.1) is 19.2 Å². The van der Waals surface area contributed by atoms with Gasteiger partial charge < -0.3 is 14.8 Å². The molecule has 1 aromatic carbocycles. The summed E-state index contributed by atoms with van der Waals surface area (Å²) in [6.07, 6.45) is 0.882. The van der Waals surface area contributed by atoms with E-state index in [0.29, 0.717) is 16.5 Å². The van der Waals surface area contributed by atoms with Crippen LogP contribution in [0.4, 0.5) is 0 Å². The topological polar surface area (TPSA) is 30.5 Å². The van der Waals surface area contributed by atoms with Crippen LogP contribution >= 0.6 is 11.6 Å². The van der Waals surface area contributed by atoms with Gasteiger partial charge in [-0.3, -0.25) is 0 Å². The first kappa shape index (κ1) is 13.1. The van der Waals surface area contributed by atoms with Gasteiger partial charge in [-0.05, 0) is 31.1 Å². The lowest BCUT2D eigenvalue weighted by atomic mass is 10.1. The molecule has 90 valence electrons. The van der Waals surface area contributed by atoms with Crippen LogP contribution in [0.5, 0.6) is 11.5 Å². The molecule has 0 radical (unpaired) electrons. The zero-order valence-electron chi connectivity index (χ0n) is 9.97. The molecule has 1 aromatic rings. The molecular weight excluding hydrogens is 226 g/mol. The molecule has 1 rings (SSSR count). The fourth-order valence-corrected chi connectivity index (χ4v) is 1.85. The Morgan fingerprint density at radius 3 is 2.56 bits per heavy atom. The first-order valence-electron chi connectivity index (χ1n) is 5.34. The highest BCUT2D eigenvalue weighted by molar-refractivity contribution is 6.33. The van der Waals surface area contributed by atoms with E-state index < -0.39 is 0 Å². The number of rotatable bonds is 6. The summed E-state index contributed by atoms with van der Waals surface area (Å²) >= 11 is 6.24. The van der Waals surface area contributed by atoms with Crippen LogP contribution in [0.3, 0.4) is 0 Å². The second-order valence-electron chi connectivity index (χ2n) is 3.38. The van der Waals surface area contributed by atoms with Gasteiger partial charge in [-0.2, -0.15) is 0 Å². The van der Waals surface area contributed by atoms with E-state index in [1.807, 2.05) is 12.1 Å². The summed E-state index contributed by atoms with van der Waals surface area (Å²) in [6, 6.07) is 3.85. The summed E-state index contributed by atoms with van der Waals surface area (Å²) in [7, 11) is 3.20. The minimum atomic E-state index is 0.609.